The van der Waals surface area contributed by atoms with Crippen molar-refractivity contribution in [1.82, 2.24) is 10.0 Å². The molecule has 0 saturated heterocycles. The Morgan fingerprint density at radius 2 is 1.56 bits per heavy atom. The second-order valence-electron chi connectivity index (χ2n) is 7.96. The van der Waals surface area contributed by atoms with Crippen molar-refractivity contribution < 1.29 is 32.2 Å². The molecule has 2 rings (SSSR count). The molecule has 0 spiro atoms. The summed E-state index contributed by atoms with van der Waals surface area (Å²) in [6, 6.07) is 9.77. The van der Waals surface area contributed by atoms with E-state index in [1.54, 1.807) is 7.11 Å². The third kappa shape index (κ3) is 8.11. The van der Waals surface area contributed by atoms with Crippen molar-refractivity contribution in [3.63, 3.8) is 0 Å². The fourth-order valence-corrected chi connectivity index (χ4v) is 4.05. The zero-order valence-corrected chi connectivity index (χ0v) is 21.2. The van der Waals surface area contributed by atoms with Crippen molar-refractivity contribution in [1.29, 1.82) is 0 Å². The maximum atomic E-state index is 12.5. The van der Waals surface area contributed by atoms with E-state index in [1.807, 2.05) is 18.2 Å². The Morgan fingerprint density at radius 1 is 0.912 bits per heavy atom. The highest BCUT2D eigenvalue weighted by atomic mass is 32.2. The third-order valence-electron chi connectivity index (χ3n) is 4.98. The van der Waals surface area contributed by atoms with E-state index in [0.717, 1.165) is 12.0 Å². The van der Waals surface area contributed by atoms with Gasteiger partial charge in [0.2, 0.25) is 15.9 Å². The lowest BCUT2D eigenvalue weighted by Gasteiger charge is -2.13. The van der Waals surface area contributed by atoms with Crippen LogP contribution in [0.1, 0.15) is 32.3 Å². The molecule has 2 aromatic rings. The van der Waals surface area contributed by atoms with Crippen LogP contribution in [-0.2, 0) is 21.4 Å². The SMILES string of the molecule is COc1ccc(S(=O)(=O)NCCC(=O)NCc2ccc(OCCC(C)C)c(OC)c2)cc1OC. The molecule has 0 aromatic heterocycles. The molecule has 0 aliphatic carbocycles. The van der Waals surface area contributed by atoms with Gasteiger partial charge in [0.1, 0.15) is 0 Å². The van der Waals surface area contributed by atoms with Gasteiger partial charge in [0, 0.05) is 25.6 Å². The lowest BCUT2D eigenvalue weighted by atomic mass is 10.1. The highest BCUT2D eigenvalue weighted by molar-refractivity contribution is 7.89. The van der Waals surface area contributed by atoms with Crippen molar-refractivity contribution >= 4 is 15.9 Å². The summed E-state index contributed by atoms with van der Waals surface area (Å²) in [4.78, 5) is 12.2. The number of ether oxygens (including phenoxy) is 4. The summed E-state index contributed by atoms with van der Waals surface area (Å²) in [6.07, 6.45) is 0.927. The number of carbonyl (C=O) groups excluding carboxylic acids is 1. The van der Waals surface area contributed by atoms with Crippen LogP contribution in [0.25, 0.3) is 0 Å². The van der Waals surface area contributed by atoms with E-state index in [9.17, 15) is 13.2 Å². The predicted molar refractivity (Wildman–Crippen MR) is 129 cm³/mol. The maximum Gasteiger partial charge on any atom is 0.240 e. The molecule has 0 aliphatic heterocycles. The number of sulfonamides is 1. The highest BCUT2D eigenvalue weighted by Gasteiger charge is 2.17. The Hall–Kier alpha value is -2.98. The Labute approximate surface area is 201 Å². The monoisotopic (exact) mass is 494 g/mol. The minimum atomic E-state index is -3.80. The smallest absolute Gasteiger partial charge is 0.240 e. The van der Waals surface area contributed by atoms with Gasteiger partial charge >= 0.3 is 0 Å². The zero-order valence-electron chi connectivity index (χ0n) is 20.3. The molecule has 1 amide bonds. The van der Waals surface area contributed by atoms with Gasteiger partial charge in [-0.2, -0.15) is 0 Å². The lowest BCUT2D eigenvalue weighted by Crippen LogP contribution is -2.30. The highest BCUT2D eigenvalue weighted by Crippen LogP contribution is 2.30. The van der Waals surface area contributed by atoms with Gasteiger partial charge in [0.05, 0.1) is 32.8 Å². The first-order chi connectivity index (χ1) is 16.2. The lowest BCUT2D eigenvalue weighted by molar-refractivity contribution is -0.121. The molecule has 0 radical (unpaired) electrons. The Balaban J connectivity index is 1.85. The van der Waals surface area contributed by atoms with Gasteiger partial charge in [-0.3, -0.25) is 4.79 Å². The van der Waals surface area contributed by atoms with E-state index in [0.29, 0.717) is 35.5 Å². The van der Waals surface area contributed by atoms with E-state index in [2.05, 4.69) is 23.9 Å². The first-order valence-corrected chi connectivity index (χ1v) is 12.5. The van der Waals surface area contributed by atoms with Crippen molar-refractivity contribution in [3.8, 4) is 23.0 Å². The predicted octanol–water partition coefficient (Wildman–Crippen LogP) is 3.12. The zero-order chi connectivity index (χ0) is 25.1. The molecular weight excluding hydrogens is 460 g/mol. The summed E-state index contributed by atoms with van der Waals surface area (Å²) in [6.45, 7) is 5.10. The molecule has 0 aliphatic rings. The fraction of sp³-hybridized carbons (Fsp3) is 0.458. The molecule has 0 saturated carbocycles. The minimum Gasteiger partial charge on any atom is -0.493 e. The van der Waals surface area contributed by atoms with E-state index >= 15 is 0 Å². The quantitative estimate of drug-likeness (QED) is 0.415. The van der Waals surface area contributed by atoms with Crippen molar-refractivity contribution in [2.75, 3.05) is 34.5 Å². The number of rotatable bonds is 14. The van der Waals surface area contributed by atoms with Crippen LogP contribution >= 0.6 is 0 Å². The molecule has 9 nitrogen and oxygen atoms in total. The van der Waals surface area contributed by atoms with Crippen LogP contribution in [0.2, 0.25) is 0 Å². The maximum absolute atomic E-state index is 12.5. The first-order valence-electron chi connectivity index (χ1n) is 11.0. The molecule has 2 N–H and O–H groups in total. The van der Waals surface area contributed by atoms with Crippen LogP contribution in [0.15, 0.2) is 41.3 Å². The van der Waals surface area contributed by atoms with Gasteiger partial charge in [0.25, 0.3) is 0 Å². The first kappa shape index (κ1) is 27.3. The molecule has 2 aromatic carbocycles. The van der Waals surface area contributed by atoms with Crippen LogP contribution in [0.5, 0.6) is 23.0 Å². The Morgan fingerprint density at radius 3 is 2.21 bits per heavy atom. The summed E-state index contributed by atoms with van der Waals surface area (Å²) in [5, 5.41) is 2.78. The second-order valence-corrected chi connectivity index (χ2v) is 9.72. The number of hydrogen-bond donors (Lipinski definition) is 2. The number of benzene rings is 2. The molecule has 0 heterocycles. The standard InChI is InChI=1S/C24H34N2O7S/c1-17(2)11-13-33-21-8-6-18(14-22(21)31-4)16-25-24(27)10-12-26-34(28,29)19-7-9-20(30-3)23(15-19)32-5/h6-9,14-15,17,26H,10-13,16H2,1-5H3,(H,25,27). The summed E-state index contributed by atoms with van der Waals surface area (Å²) < 4.78 is 48.9. The van der Waals surface area contributed by atoms with Crippen LogP contribution in [0.4, 0.5) is 0 Å². The largest absolute Gasteiger partial charge is 0.493 e. The molecule has 10 heteroatoms. The average Bonchev–Trinajstić information content (AvgIpc) is 2.82. The van der Waals surface area contributed by atoms with Crippen molar-refractivity contribution in [2.45, 2.75) is 38.1 Å². The molecule has 188 valence electrons. The minimum absolute atomic E-state index is 0.0138. The normalized spacial score (nSPS) is 11.2. The van der Waals surface area contributed by atoms with Gasteiger partial charge in [-0.05, 0) is 42.2 Å². The van der Waals surface area contributed by atoms with Gasteiger partial charge in [0.15, 0.2) is 23.0 Å². The van der Waals surface area contributed by atoms with Crippen LogP contribution in [0, 0.1) is 5.92 Å². The van der Waals surface area contributed by atoms with Crippen LogP contribution in [0.3, 0.4) is 0 Å². The molecule has 0 fully saturated rings. The number of methoxy groups -OCH3 is 3. The molecule has 34 heavy (non-hydrogen) atoms. The number of carbonyl (C=O) groups is 1. The molecular formula is C24H34N2O7S. The summed E-state index contributed by atoms with van der Waals surface area (Å²) in [5.41, 5.74) is 0.840. The Bertz CT molecular complexity index is 1060. The topological polar surface area (TPSA) is 112 Å². The number of amides is 1. The fourth-order valence-electron chi connectivity index (χ4n) is 3.00. The van der Waals surface area contributed by atoms with Gasteiger partial charge in [-0.25, -0.2) is 13.1 Å². The summed E-state index contributed by atoms with van der Waals surface area (Å²) in [5.74, 6) is 2.23. The second kappa shape index (κ2) is 13.0. The third-order valence-corrected chi connectivity index (χ3v) is 6.44. The Kier molecular flexibility index (Phi) is 10.5. The summed E-state index contributed by atoms with van der Waals surface area (Å²) in [7, 11) is 0.656. The van der Waals surface area contributed by atoms with Gasteiger partial charge in [-0.15, -0.1) is 0 Å². The van der Waals surface area contributed by atoms with Crippen molar-refractivity contribution in [3.05, 3.63) is 42.0 Å². The van der Waals surface area contributed by atoms with Crippen molar-refractivity contribution in [2.24, 2.45) is 5.92 Å². The summed E-state index contributed by atoms with van der Waals surface area (Å²) >= 11 is 0. The number of hydrogen-bond acceptors (Lipinski definition) is 7. The van der Waals surface area contributed by atoms with E-state index < -0.39 is 10.0 Å². The van der Waals surface area contributed by atoms with E-state index in [4.69, 9.17) is 18.9 Å². The number of nitrogens with one attached hydrogen (secondary N) is 2. The van der Waals surface area contributed by atoms with Crippen LogP contribution < -0.4 is 29.0 Å². The van der Waals surface area contributed by atoms with E-state index in [1.165, 1.54) is 32.4 Å². The van der Waals surface area contributed by atoms with Gasteiger partial charge < -0.3 is 24.3 Å². The molecule has 0 unspecified atom stereocenters. The van der Waals surface area contributed by atoms with E-state index in [-0.39, 0.29) is 30.3 Å². The molecule has 0 atom stereocenters. The average molecular weight is 495 g/mol. The van der Waals surface area contributed by atoms with Gasteiger partial charge in [-0.1, -0.05) is 19.9 Å². The van der Waals surface area contributed by atoms with Crippen LogP contribution in [-0.4, -0.2) is 48.8 Å². The molecule has 0 bridgehead atoms.